The van der Waals surface area contributed by atoms with E-state index in [9.17, 15) is 39.4 Å². The molecule has 0 aromatic heterocycles. The van der Waals surface area contributed by atoms with Crippen LogP contribution in [-0.4, -0.2) is 101 Å². The van der Waals surface area contributed by atoms with Gasteiger partial charge in [0.1, 0.15) is 18.2 Å². The van der Waals surface area contributed by atoms with Crippen molar-refractivity contribution in [2.24, 2.45) is 10.7 Å². The molecule has 1 aromatic carbocycles. The maximum Gasteiger partial charge on any atom is 0.408 e. The van der Waals surface area contributed by atoms with Gasteiger partial charge in [-0.3, -0.25) is 19.7 Å². The number of hydrogen-bond donors (Lipinski definition) is 4. The number of guanidine groups is 1. The Balaban J connectivity index is 1.56. The largest absolute Gasteiger partial charge is 0.445 e. The number of alkyl carbamates (subject to hydrolysis) is 2. The number of hydrogen-bond acceptors (Lipinski definition) is 11. The Labute approximate surface area is 316 Å². The number of nitrogens with one attached hydrogen (secondary N) is 3. The summed E-state index contributed by atoms with van der Waals surface area (Å²) in [5.74, 6) is -0.599. The highest BCUT2D eigenvalue weighted by Gasteiger charge is 2.31. The van der Waals surface area contributed by atoms with Crippen molar-refractivity contribution in [1.82, 2.24) is 25.9 Å². The number of rotatable bonds is 22. The van der Waals surface area contributed by atoms with Gasteiger partial charge in [-0.2, -0.15) is 0 Å². The van der Waals surface area contributed by atoms with Crippen molar-refractivity contribution in [2.45, 2.75) is 116 Å². The highest BCUT2D eigenvalue weighted by Crippen LogP contribution is 2.15. The normalized spacial score (nSPS) is 13.8. The van der Waals surface area contributed by atoms with Gasteiger partial charge < -0.3 is 35.6 Å². The molecular weight excluding hydrogens is 706 g/mol. The molecule has 1 aromatic rings. The summed E-state index contributed by atoms with van der Waals surface area (Å²) >= 11 is 0. The monoisotopic (exact) mass is 763 g/mol. The number of unbranched alkanes of at least 4 members (excludes halogenated alkanes) is 8. The van der Waals surface area contributed by atoms with Crippen molar-refractivity contribution in [3.05, 3.63) is 50.1 Å². The van der Waals surface area contributed by atoms with Gasteiger partial charge in [0.15, 0.2) is 5.03 Å². The number of carbonyl (C=O) groups is 4. The van der Waals surface area contributed by atoms with Gasteiger partial charge in [-0.05, 0) is 64.2 Å². The number of aliphatic imine (C=N–C) groups is 1. The Morgan fingerprint density at radius 3 is 2.00 bits per heavy atom. The molecule has 1 aliphatic rings. The zero-order chi connectivity index (χ0) is 39.9. The van der Waals surface area contributed by atoms with Gasteiger partial charge in [-0.1, -0.05) is 50.4 Å². The van der Waals surface area contributed by atoms with Crippen molar-refractivity contribution < 1.29 is 38.6 Å². The topological polar surface area (TPSA) is 254 Å². The highest BCUT2D eigenvalue weighted by atomic mass is 16.7. The summed E-state index contributed by atoms with van der Waals surface area (Å²) in [6.07, 6.45) is 8.75. The first-order chi connectivity index (χ1) is 25.6. The van der Waals surface area contributed by atoms with Gasteiger partial charge in [0.2, 0.25) is 11.8 Å². The van der Waals surface area contributed by atoms with E-state index in [4.69, 9.17) is 15.2 Å². The van der Waals surface area contributed by atoms with Gasteiger partial charge >= 0.3 is 12.2 Å². The lowest BCUT2D eigenvalue weighted by Crippen LogP contribution is -2.56. The predicted molar refractivity (Wildman–Crippen MR) is 200 cm³/mol. The Morgan fingerprint density at radius 1 is 0.852 bits per heavy atom. The molecule has 2 rings (SSSR count). The molecule has 1 saturated heterocycles. The SMILES string of the molecule is CC(C)(C)OC(=O)N[C@@H](CCCN=C(N)N[N+](=O)[O-])C(=O)N1CCN(C(=O)CCCCCCCCCCCNC(=O)OCc2ccc([N+](=O)[O-])cc2)CC1. The van der Waals surface area contributed by atoms with E-state index in [1.54, 1.807) is 48.1 Å². The number of nitrogens with two attached hydrogens (primary N) is 1. The van der Waals surface area contributed by atoms with E-state index in [1.165, 1.54) is 12.1 Å². The lowest BCUT2D eigenvalue weighted by Gasteiger charge is -2.36. The fourth-order valence-electron chi connectivity index (χ4n) is 5.63. The van der Waals surface area contributed by atoms with Gasteiger partial charge in [0.05, 0.1) is 4.92 Å². The van der Waals surface area contributed by atoms with Gasteiger partial charge in [0, 0.05) is 57.8 Å². The maximum absolute atomic E-state index is 13.4. The Bertz CT molecular complexity index is 1390. The average molecular weight is 764 g/mol. The number of hydrazine groups is 1. The minimum Gasteiger partial charge on any atom is -0.445 e. The van der Waals surface area contributed by atoms with Gasteiger partial charge in [0.25, 0.3) is 11.6 Å². The first-order valence-electron chi connectivity index (χ1n) is 18.6. The molecule has 0 aliphatic carbocycles. The lowest BCUT2D eigenvalue weighted by molar-refractivity contribution is -0.525. The molecule has 19 heteroatoms. The molecule has 0 saturated carbocycles. The molecule has 0 spiro atoms. The van der Waals surface area contributed by atoms with Crippen molar-refractivity contribution in [3.8, 4) is 0 Å². The summed E-state index contributed by atoms with van der Waals surface area (Å²) in [4.78, 5) is 78.6. The van der Waals surface area contributed by atoms with Crippen LogP contribution >= 0.6 is 0 Å². The van der Waals surface area contributed by atoms with Crippen LogP contribution < -0.4 is 21.8 Å². The summed E-state index contributed by atoms with van der Waals surface area (Å²) in [5.41, 5.74) is 7.09. The molecule has 1 heterocycles. The maximum atomic E-state index is 13.4. The van der Waals surface area contributed by atoms with E-state index in [1.807, 2.05) is 0 Å². The molecule has 1 fully saturated rings. The van der Waals surface area contributed by atoms with E-state index in [0.717, 1.165) is 57.8 Å². The zero-order valence-corrected chi connectivity index (χ0v) is 31.7. The molecule has 5 N–H and O–H groups in total. The van der Waals surface area contributed by atoms with Crippen LogP contribution in [-0.2, 0) is 25.7 Å². The van der Waals surface area contributed by atoms with Gasteiger partial charge in [-0.15, -0.1) is 0 Å². The van der Waals surface area contributed by atoms with E-state index >= 15 is 0 Å². The number of benzene rings is 1. The van der Waals surface area contributed by atoms with Crippen LogP contribution in [0, 0.1) is 20.2 Å². The molecule has 19 nitrogen and oxygen atoms in total. The third kappa shape index (κ3) is 19.6. The number of piperazine rings is 1. The van der Waals surface area contributed by atoms with Crippen LogP contribution in [0.1, 0.15) is 103 Å². The second kappa shape index (κ2) is 24.2. The second-order valence-corrected chi connectivity index (χ2v) is 14.0. The summed E-state index contributed by atoms with van der Waals surface area (Å²) < 4.78 is 10.5. The Kier molecular flexibility index (Phi) is 20.1. The van der Waals surface area contributed by atoms with E-state index < -0.39 is 33.8 Å². The predicted octanol–water partition coefficient (Wildman–Crippen LogP) is 4.16. The molecule has 302 valence electrons. The zero-order valence-electron chi connectivity index (χ0n) is 31.7. The molecule has 0 radical (unpaired) electrons. The molecule has 0 bridgehead atoms. The summed E-state index contributed by atoms with van der Waals surface area (Å²) in [6.45, 7) is 7.27. The number of ether oxygens (including phenoxy) is 2. The molecule has 1 aliphatic heterocycles. The molecular formula is C35H57N9O10. The minimum atomic E-state index is -0.904. The quantitative estimate of drug-likeness (QED) is 0.0427. The van der Waals surface area contributed by atoms with E-state index in [2.05, 4.69) is 15.6 Å². The van der Waals surface area contributed by atoms with Crippen LogP contribution in [0.3, 0.4) is 0 Å². The number of nitrogens with zero attached hydrogens (tertiary/aromatic N) is 5. The second-order valence-electron chi connectivity index (χ2n) is 14.0. The van der Waals surface area contributed by atoms with Crippen LogP contribution in [0.5, 0.6) is 0 Å². The summed E-state index contributed by atoms with van der Waals surface area (Å²) in [6, 6.07) is 4.95. The number of amides is 4. The van der Waals surface area contributed by atoms with Crippen molar-refractivity contribution in [2.75, 3.05) is 39.3 Å². The van der Waals surface area contributed by atoms with Crippen LogP contribution in [0.25, 0.3) is 0 Å². The minimum absolute atomic E-state index is 0.0154. The smallest absolute Gasteiger partial charge is 0.408 e. The number of nitro benzene ring substituents is 1. The van der Waals surface area contributed by atoms with Gasteiger partial charge in [-0.25, -0.2) is 24.7 Å². The molecule has 1 atom stereocenters. The van der Waals surface area contributed by atoms with Crippen LogP contribution in [0.4, 0.5) is 15.3 Å². The lowest BCUT2D eigenvalue weighted by atomic mass is 10.1. The fourth-order valence-corrected chi connectivity index (χ4v) is 5.63. The fraction of sp³-hybridized carbons (Fsp3) is 0.686. The molecule has 54 heavy (non-hydrogen) atoms. The van der Waals surface area contributed by atoms with Crippen LogP contribution in [0.15, 0.2) is 29.3 Å². The molecule has 0 unspecified atom stereocenters. The van der Waals surface area contributed by atoms with Crippen LogP contribution in [0.2, 0.25) is 0 Å². The first-order valence-corrected chi connectivity index (χ1v) is 18.6. The van der Waals surface area contributed by atoms with E-state index in [-0.39, 0.29) is 43.0 Å². The summed E-state index contributed by atoms with van der Waals surface area (Å²) in [5, 5.41) is 25.7. The van der Waals surface area contributed by atoms with E-state index in [0.29, 0.717) is 51.1 Å². The number of non-ortho nitro benzene ring substituents is 1. The Morgan fingerprint density at radius 2 is 1.43 bits per heavy atom. The van der Waals surface area contributed by atoms with Crippen molar-refractivity contribution in [3.63, 3.8) is 0 Å². The van der Waals surface area contributed by atoms with Crippen molar-refractivity contribution in [1.29, 1.82) is 0 Å². The highest BCUT2D eigenvalue weighted by molar-refractivity contribution is 5.86. The first kappa shape index (κ1) is 44.9. The summed E-state index contributed by atoms with van der Waals surface area (Å²) in [7, 11) is 0. The third-order valence-electron chi connectivity index (χ3n) is 8.43. The Hall–Kier alpha value is -5.23. The number of carbonyl (C=O) groups excluding carboxylic acids is 4. The third-order valence-corrected chi connectivity index (χ3v) is 8.43. The average Bonchev–Trinajstić information content (AvgIpc) is 3.11. The standard InChI is InChI=1S/C35H57N9O10/c1-35(2,3)54-34(48)39-29(14-13-21-37-32(36)40-44(51)52)31(46)42-24-22-41(23-25-42)30(45)15-11-9-7-5-4-6-8-10-12-20-38-33(47)53-26-27-16-18-28(19-17-27)43(49)50/h16-19,29H,4-15,20-26H2,1-3H3,(H,38,47)(H,39,48)(H3,36,37,40)/t29-/m0/s1. The van der Waals surface area contributed by atoms with Crippen molar-refractivity contribution >= 4 is 35.6 Å². The molecule has 4 amide bonds. The number of nitro groups is 2.